The summed E-state index contributed by atoms with van der Waals surface area (Å²) in [6.07, 6.45) is 0. The fourth-order valence-corrected chi connectivity index (χ4v) is 1.70. The van der Waals surface area contributed by atoms with Crippen molar-refractivity contribution < 1.29 is 9.47 Å². The van der Waals surface area contributed by atoms with Gasteiger partial charge in [0.05, 0.1) is 5.02 Å². The van der Waals surface area contributed by atoms with E-state index in [-0.39, 0.29) is 6.79 Å². The van der Waals surface area contributed by atoms with Gasteiger partial charge < -0.3 is 15.2 Å². The number of hydrogen-bond donors (Lipinski definition) is 1. The Balaban J connectivity index is 2.84. The van der Waals surface area contributed by atoms with Gasteiger partial charge in [-0.05, 0) is 19.1 Å². The summed E-state index contributed by atoms with van der Waals surface area (Å²) in [7, 11) is 0. The lowest BCUT2D eigenvalue weighted by Crippen LogP contribution is -2.07. The number of halogens is 2. The van der Waals surface area contributed by atoms with E-state index >= 15 is 0 Å². The second-order valence-corrected chi connectivity index (χ2v) is 3.68. The Kier molecular flexibility index (Phi) is 5.19. The molecule has 0 aliphatic carbocycles. The van der Waals surface area contributed by atoms with Crippen molar-refractivity contribution >= 4 is 23.2 Å². The molecule has 1 aromatic rings. The molecular weight excluding hydrogens is 237 g/mol. The van der Waals surface area contributed by atoms with Gasteiger partial charge in [-0.25, -0.2) is 0 Å². The SMILES string of the molecule is CCOCOc1c(Cl)cc(Cl)cc1CN. The molecule has 0 fully saturated rings. The summed E-state index contributed by atoms with van der Waals surface area (Å²) in [6, 6.07) is 3.35. The predicted molar refractivity (Wildman–Crippen MR) is 61.5 cm³/mol. The second kappa shape index (κ2) is 6.18. The van der Waals surface area contributed by atoms with Gasteiger partial charge in [0.1, 0.15) is 5.75 Å². The van der Waals surface area contributed by atoms with Crippen LogP contribution in [0.25, 0.3) is 0 Å². The summed E-state index contributed by atoms with van der Waals surface area (Å²) in [4.78, 5) is 0. The minimum Gasteiger partial charge on any atom is -0.466 e. The van der Waals surface area contributed by atoms with E-state index in [1.807, 2.05) is 6.92 Å². The van der Waals surface area contributed by atoms with Gasteiger partial charge in [-0.3, -0.25) is 0 Å². The highest BCUT2D eigenvalue weighted by Gasteiger charge is 2.09. The van der Waals surface area contributed by atoms with Crippen LogP contribution >= 0.6 is 23.2 Å². The molecule has 3 nitrogen and oxygen atoms in total. The fourth-order valence-electron chi connectivity index (χ4n) is 1.11. The van der Waals surface area contributed by atoms with Crippen LogP contribution in [0.5, 0.6) is 5.75 Å². The van der Waals surface area contributed by atoms with Gasteiger partial charge in [-0.15, -0.1) is 0 Å². The summed E-state index contributed by atoms with van der Waals surface area (Å²) in [5.74, 6) is 0.539. The Morgan fingerprint density at radius 3 is 2.67 bits per heavy atom. The first-order valence-electron chi connectivity index (χ1n) is 4.57. The van der Waals surface area contributed by atoms with Crippen LogP contribution in [0.3, 0.4) is 0 Å². The van der Waals surface area contributed by atoms with Gasteiger partial charge in [0.15, 0.2) is 6.79 Å². The molecule has 5 heteroatoms. The molecule has 0 spiro atoms. The molecule has 0 bridgehead atoms. The first-order chi connectivity index (χ1) is 7.19. The van der Waals surface area contributed by atoms with Crippen LogP contribution in [0.1, 0.15) is 12.5 Å². The van der Waals surface area contributed by atoms with Crippen molar-refractivity contribution in [1.82, 2.24) is 0 Å². The molecule has 0 heterocycles. The van der Waals surface area contributed by atoms with Crippen LogP contribution in [-0.2, 0) is 11.3 Å². The van der Waals surface area contributed by atoms with Crippen LogP contribution in [0.2, 0.25) is 10.0 Å². The lowest BCUT2D eigenvalue weighted by molar-refractivity contribution is 0.0219. The Hall–Kier alpha value is -0.480. The van der Waals surface area contributed by atoms with E-state index < -0.39 is 0 Å². The molecule has 0 aromatic heterocycles. The van der Waals surface area contributed by atoms with Crippen molar-refractivity contribution in [3.05, 3.63) is 27.7 Å². The smallest absolute Gasteiger partial charge is 0.189 e. The fraction of sp³-hybridized carbons (Fsp3) is 0.400. The van der Waals surface area contributed by atoms with Crippen LogP contribution in [0.15, 0.2) is 12.1 Å². The first-order valence-corrected chi connectivity index (χ1v) is 5.33. The van der Waals surface area contributed by atoms with Crippen molar-refractivity contribution in [2.24, 2.45) is 5.73 Å². The molecule has 0 aliphatic heterocycles. The molecule has 0 radical (unpaired) electrons. The largest absolute Gasteiger partial charge is 0.466 e. The van der Waals surface area contributed by atoms with Gasteiger partial charge in [0.2, 0.25) is 0 Å². The molecule has 0 saturated carbocycles. The monoisotopic (exact) mass is 249 g/mol. The van der Waals surface area contributed by atoms with Crippen LogP contribution in [-0.4, -0.2) is 13.4 Å². The molecular formula is C10H13Cl2NO2. The summed E-state index contributed by atoms with van der Waals surface area (Å²) >= 11 is 11.8. The molecule has 0 atom stereocenters. The molecule has 2 N–H and O–H groups in total. The lowest BCUT2D eigenvalue weighted by atomic mass is 10.2. The molecule has 84 valence electrons. The highest BCUT2D eigenvalue weighted by molar-refractivity contribution is 6.35. The van der Waals surface area contributed by atoms with Gasteiger partial charge in [-0.1, -0.05) is 23.2 Å². The zero-order valence-electron chi connectivity index (χ0n) is 8.43. The van der Waals surface area contributed by atoms with Crippen LogP contribution < -0.4 is 10.5 Å². The van der Waals surface area contributed by atoms with E-state index in [0.717, 1.165) is 5.56 Å². The molecule has 15 heavy (non-hydrogen) atoms. The second-order valence-electron chi connectivity index (χ2n) is 2.83. The maximum absolute atomic E-state index is 5.97. The first kappa shape index (κ1) is 12.6. The van der Waals surface area contributed by atoms with Gasteiger partial charge >= 0.3 is 0 Å². The van der Waals surface area contributed by atoms with E-state index in [0.29, 0.717) is 28.9 Å². The van der Waals surface area contributed by atoms with E-state index in [4.69, 9.17) is 38.4 Å². The summed E-state index contributed by atoms with van der Waals surface area (Å²) in [5, 5.41) is 0.992. The summed E-state index contributed by atoms with van der Waals surface area (Å²) < 4.78 is 10.4. The maximum Gasteiger partial charge on any atom is 0.189 e. The number of rotatable bonds is 5. The maximum atomic E-state index is 5.97. The molecule has 0 saturated heterocycles. The highest BCUT2D eigenvalue weighted by Crippen LogP contribution is 2.32. The van der Waals surface area contributed by atoms with Crippen molar-refractivity contribution in [2.45, 2.75) is 13.5 Å². The number of hydrogen-bond acceptors (Lipinski definition) is 3. The molecule has 0 amide bonds. The minimum absolute atomic E-state index is 0.158. The Labute approximate surface area is 99.1 Å². The minimum atomic E-state index is 0.158. The van der Waals surface area contributed by atoms with Gasteiger partial charge in [0, 0.05) is 23.7 Å². The Morgan fingerprint density at radius 2 is 2.07 bits per heavy atom. The molecule has 0 unspecified atom stereocenters. The van der Waals surface area contributed by atoms with Gasteiger partial charge in [-0.2, -0.15) is 0 Å². The van der Waals surface area contributed by atoms with E-state index in [2.05, 4.69) is 0 Å². The third-order valence-electron chi connectivity index (χ3n) is 1.80. The third-order valence-corrected chi connectivity index (χ3v) is 2.29. The average molecular weight is 250 g/mol. The van der Waals surface area contributed by atoms with Crippen molar-refractivity contribution in [3.8, 4) is 5.75 Å². The number of nitrogens with two attached hydrogens (primary N) is 1. The predicted octanol–water partition coefficient (Wildman–Crippen LogP) is 2.82. The summed E-state index contributed by atoms with van der Waals surface area (Å²) in [5.41, 5.74) is 6.33. The Morgan fingerprint density at radius 1 is 1.33 bits per heavy atom. The summed E-state index contributed by atoms with van der Waals surface area (Å²) in [6.45, 7) is 2.95. The van der Waals surface area contributed by atoms with Crippen LogP contribution in [0, 0.1) is 0 Å². The molecule has 0 aliphatic rings. The highest BCUT2D eigenvalue weighted by atomic mass is 35.5. The number of benzene rings is 1. The Bertz CT molecular complexity index is 331. The van der Waals surface area contributed by atoms with E-state index in [9.17, 15) is 0 Å². The standard InChI is InChI=1S/C10H13Cl2NO2/c1-2-14-6-15-10-7(5-13)3-8(11)4-9(10)12/h3-4H,2,5-6,13H2,1H3. The van der Waals surface area contributed by atoms with Crippen molar-refractivity contribution in [2.75, 3.05) is 13.4 Å². The van der Waals surface area contributed by atoms with E-state index in [1.165, 1.54) is 0 Å². The molecule has 1 aromatic carbocycles. The third kappa shape index (κ3) is 3.54. The zero-order chi connectivity index (χ0) is 11.3. The van der Waals surface area contributed by atoms with Gasteiger partial charge in [0.25, 0.3) is 0 Å². The van der Waals surface area contributed by atoms with Crippen molar-refractivity contribution in [3.63, 3.8) is 0 Å². The van der Waals surface area contributed by atoms with E-state index in [1.54, 1.807) is 12.1 Å². The molecule has 1 rings (SSSR count). The quantitative estimate of drug-likeness (QED) is 0.645. The topological polar surface area (TPSA) is 44.5 Å². The average Bonchev–Trinajstić information content (AvgIpc) is 2.20. The zero-order valence-corrected chi connectivity index (χ0v) is 9.94. The lowest BCUT2D eigenvalue weighted by Gasteiger charge is -2.12. The van der Waals surface area contributed by atoms with Crippen LogP contribution in [0.4, 0.5) is 0 Å². The number of ether oxygens (including phenoxy) is 2. The van der Waals surface area contributed by atoms with Crippen molar-refractivity contribution in [1.29, 1.82) is 0 Å². The normalized spacial score (nSPS) is 10.4.